The third-order valence-corrected chi connectivity index (χ3v) is 3.11. The van der Waals surface area contributed by atoms with Crippen LogP contribution in [0, 0.1) is 0 Å². The summed E-state index contributed by atoms with van der Waals surface area (Å²) in [6.45, 7) is 0.507. The van der Waals surface area contributed by atoms with Crippen molar-refractivity contribution in [2.24, 2.45) is 5.73 Å². The van der Waals surface area contributed by atoms with Crippen molar-refractivity contribution in [3.63, 3.8) is 0 Å². The molecular weight excluding hydrogens is 302 g/mol. The number of methoxy groups -OCH3 is 1. The van der Waals surface area contributed by atoms with Gasteiger partial charge >= 0.3 is 5.97 Å². The molecule has 0 aromatic heterocycles. The summed E-state index contributed by atoms with van der Waals surface area (Å²) in [5.74, 6) is 0.346. The van der Waals surface area contributed by atoms with Crippen molar-refractivity contribution in [3.05, 3.63) is 65.7 Å². The number of benzene rings is 2. The monoisotopic (exact) mass is 321 g/mol. The number of carbonyl (C=O) groups is 1. The van der Waals surface area contributed by atoms with Gasteiger partial charge in [-0.2, -0.15) is 0 Å². The lowest BCUT2D eigenvalue weighted by Crippen LogP contribution is -2.33. The zero-order valence-electron chi connectivity index (χ0n) is 12.4. The van der Waals surface area contributed by atoms with Crippen molar-refractivity contribution in [2.75, 3.05) is 7.11 Å². The van der Waals surface area contributed by atoms with E-state index in [4.69, 9.17) is 10.5 Å². The predicted octanol–water partition coefficient (Wildman–Crippen LogP) is 2.73. The van der Waals surface area contributed by atoms with Gasteiger partial charge in [-0.25, -0.2) is 0 Å². The number of halogens is 1. The van der Waals surface area contributed by atoms with Crippen LogP contribution in [0.2, 0.25) is 0 Å². The Morgan fingerprint density at radius 2 is 1.77 bits per heavy atom. The van der Waals surface area contributed by atoms with Crippen LogP contribution >= 0.6 is 12.4 Å². The van der Waals surface area contributed by atoms with Gasteiger partial charge in [0, 0.05) is 0 Å². The topological polar surface area (TPSA) is 61.5 Å². The molecule has 0 unspecified atom stereocenters. The zero-order chi connectivity index (χ0) is 15.1. The zero-order valence-corrected chi connectivity index (χ0v) is 13.2. The average molecular weight is 322 g/mol. The molecule has 2 aromatic carbocycles. The average Bonchev–Trinajstić information content (AvgIpc) is 2.53. The van der Waals surface area contributed by atoms with Gasteiger partial charge in [-0.05, 0) is 29.7 Å². The highest BCUT2D eigenvalue weighted by atomic mass is 35.5. The van der Waals surface area contributed by atoms with Crippen molar-refractivity contribution in [1.82, 2.24) is 0 Å². The molecule has 2 rings (SSSR count). The number of ether oxygens (including phenoxy) is 2. The van der Waals surface area contributed by atoms with Crippen LogP contribution in [0.5, 0.6) is 5.75 Å². The third kappa shape index (κ3) is 5.39. The summed E-state index contributed by atoms with van der Waals surface area (Å²) in [5, 5.41) is 0. The summed E-state index contributed by atoms with van der Waals surface area (Å²) in [6.07, 6.45) is 0.426. The van der Waals surface area contributed by atoms with Crippen molar-refractivity contribution < 1.29 is 14.3 Å². The minimum absolute atomic E-state index is 0. The first kappa shape index (κ1) is 18.0. The van der Waals surface area contributed by atoms with Crippen molar-refractivity contribution in [1.29, 1.82) is 0 Å². The third-order valence-electron chi connectivity index (χ3n) is 3.11. The highest BCUT2D eigenvalue weighted by molar-refractivity contribution is 5.85. The van der Waals surface area contributed by atoms with Gasteiger partial charge in [0.15, 0.2) is 0 Å². The van der Waals surface area contributed by atoms with Crippen LogP contribution in [0.15, 0.2) is 54.6 Å². The summed E-state index contributed by atoms with van der Waals surface area (Å²) in [7, 11) is 1.33. The van der Waals surface area contributed by atoms with E-state index in [2.05, 4.69) is 4.74 Å². The van der Waals surface area contributed by atoms with E-state index in [1.165, 1.54) is 7.11 Å². The Hall–Kier alpha value is -2.04. The molecular formula is C17H20ClNO3. The van der Waals surface area contributed by atoms with E-state index < -0.39 is 12.0 Å². The molecule has 2 aromatic rings. The summed E-state index contributed by atoms with van der Waals surface area (Å²) in [5.41, 5.74) is 7.81. The molecule has 5 heteroatoms. The van der Waals surface area contributed by atoms with Crippen LogP contribution in [0.4, 0.5) is 0 Å². The van der Waals surface area contributed by atoms with Crippen LogP contribution in [0.3, 0.4) is 0 Å². The van der Waals surface area contributed by atoms with E-state index in [1.54, 1.807) is 0 Å². The molecule has 4 nitrogen and oxygen atoms in total. The summed E-state index contributed by atoms with van der Waals surface area (Å²) in [6, 6.07) is 16.9. The summed E-state index contributed by atoms with van der Waals surface area (Å²) >= 11 is 0. The highest BCUT2D eigenvalue weighted by Crippen LogP contribution is 2.16. The molecule has 0 aliphatic carbocycles. The maximum absolute atomic E-state index is 11.3. The Balaban J connectivity index is 0.00000242. The number of nitrogens with two attached hydrogens (primary N) is 1. The quantitative estimate of drug-likeness (QED) is 0.831. The van der Waals surface area contributed by atoms with Gasteiger partial charge in [0.25, 0.3) is 0 Å². The van der Waals surface area contributed by atoms with Gasteiger partial charge < -0.3 is 15.2 Å². The van der Waals surface area contributed by atoms with Crippen LogP contribution in [0.25, 0.3) is 0 Å². The van der Waals surface area contributed by atoms with Crippen LogP contribution < -0.4 is 10.5 Å². The van der Waals surface area contributed by atoms with E-state index in [0.717, 1.165) is 16.9 Å². The molecule has 0 aliphatic heterocycles. The molecule has 0 amide bonds. The Kier molecular flexibility index (Phi) is 7.43. The first-order valence-electron chi connectivity index (χ1n) is 6.78. The van der Waals surface area contributed by atoms with E-state index in [0.29, 0.717) is 13.0 Å². The Labute approximate surface area is 136 Å². The number of hydrogen-bond donors (Lipinski definition) is 1. The standard InChI is InChI=1S/C17H19NO3.ClH/c1-20-17(19)16(18)11-14-8-5-9-15(10-14)21-12-13-6-3-2-4-7-13;/h2-10,16H,11-12,18H2,1H3;1H/t16-;/m0./s1. The molecule has 0 spiro atoms. The fraction of sp³-hybridized carbons (Fsp3) is 0.235. The molecule has 118 valence electrons. The lowest BCUT2D eigenvalue weighted by molar-refractivity contribution is -0.142. The number of esters is 1. The summed E-state index contributed by atoms with van der Waals surface area (Å²) < 4.78 is 10.4. The fourth-order valence-corrected chi connectivity index (χ4v) is 1.99. The lowest BCUT2D eigenvalue weighted by Gasteiger charge is -2.11. The van der Waals surface area contributed by atoms with Gasteiger partial charge in [0.1, 0.15) is 18.4 Å². The predicted molar refractivity (Wildman–Crippen MR) is 88.2 cm³/mol. The lowest BCUT2D eigenvalue weighted by atomic mass is 10.1. The first-order chi connectivity index (χ1) is 10.2. The van der Waals surface area contributed by atoms with Crippen LogP contribution in [-0.2, 0) is 22.6 Å². The van der Waals surface area contributed by atoms with Crippen molar-refractivity contribution in [2.45, 2.75) is 19.1 Å². The van der Waals surface area contributed by atoms with Gasteiger partial charge in [-0.1, -0.05) is 42.5 Å². The molecule has 22 heavy (non-hydrogen) atoms. The molecule has 0 radical (unpaired) electrons. The molecule has 1 atom stereocenters. The second-order valence-corrected chi connectivity index (χ2v) is 4.76. The largest absolute Gasteiger partial charge is 0.489 e. The van der Waals surface area contributed by atoms with Crippen LogP contribution in [0.1, 0.15) is 11.1 Å². The molecule has 0 heterocycles. The minimum Gasteiger partial charge on any atom is -0.489 e. The Morgan fingerprint density at radius 3 is 2.45 bits per heavy atom. The van der Waals surface area contributed by atoms with E-state index >= 15 is 0 Å². The number of carbonyl (C=O) groups excluding carboxylic acids is 1. The van der Waals surface area contributed by atoms with E-state index in [9.17, 15) is 4.79 Å². The first-order valence-corrected chi connectivity index (χ1v) is 6.78. The second kappa shape index (κ2) is 9.07. The molecule has 0 fully saturated rings. The van der Waals surface area contributed by atoms with Crippen molar-refractivity contribution in [3.8, 4) is 5.75 Å². The molecule has 0 bridgehead atoms. The van der Waals surface area contributed by atoms with Gasteiger partial charge in [0.05, 0.1) is 7.11 Å². The normalized spacial score (nSPS) is 11.2. The Bertz CT molecular complexity index is 589. The smallest absolute Gasteiger partial charge is 0.322 e. The van der Waals surface area contributed by atoms with Gasteiger partial charge in [-0.15, -0.1) is 12.4 Å². The fourth-order valence-electron chi connectivity index (χ4n) is 1.99. The van der Waals surface area contributed by atoms with E-state index in [-0.39, 0.29) is 12.4 Å². The maximum atomic E-state index is 11.3. The van der Waals surface area contributed by atoms with Gasteiger partial charge in [0.2, 0.25) is 0 Å². The summed E-state index contributed by atoms with van der Waals surface area (Å²) in [4.78, 5) is 11.3. The Morgan fingerprint density at radius 1 is 1.09 bits per heavy atom. The van der Waals surface area contributed by atoms with Gasteiger partial charge in [-0.3, -0.25) is 4.79 Å². The van der Waals surface area contributed by atoms with Crippen LogP contribution in [-0.4, -0.2) is 19.1 Å². The molecule has 2 N–H and O–H groups in total. The minimum atomic E-state index is -0.653. The van der Waals surface area contributed by atoms with Crippen molar-refractivity contribution >= 4 is 18.4 Å². The van der Waals surface area contributed by atoms with E-state index in [1.807, 2.05) is 54.6 Å². The SMILES string of the molecule is COC(=O)[C@@H](N)Cc1cccc(OCc2ccccc2)c1.Cl. The molecule has 0 saturated heterocycles. The molecule has 0 saturated carbocycles. The molecule has 0 aliphatic rings. The second-order valence-electron chi connectivity index (χ2n) is 4.76. The number of hydrogen-bond acceptors (Lipinski definition) is 4. The number of rotatable bonds is 6. The maximum Gasteiger partial charge on any atom is 0.322 e. The highest BCUT2D eigenvalue weighted by Gasteiger charge is 2.14.